The summed E-state index contributed by atoms with van der Waals surface area (Å²) in [7, 11) is 0. The van der Waals surface area contributed by atoms with Crippen molar-refractivity contribution in [3.63, 3.8) is 0 Å². The topological polar surface area (TPSA) is 33.2 Å². The van der Waals surface area contributed by atoms with Gasteiger partial charge in [0, 0.05) is 30.9 Å². The number of aromatic nitrogens is 1. The van der Waals surface area contributed by atoms with Gasteiger partial charge in [0.25, 0.3) is 0 Å². The van der Waals surface area contributed by atoms with Crippen molar-refractivity contribution in [3.05, 3.63) is 66.0 Å². The van der Waals surface area contributed by atoms with Gasteiger partial charge in [0.15, 0.2) is 0 Å². The van der Waals surface area contributed by atoms with Crippen molar-refractivity contribution in [3.8, 4) is 0 Å². The van der Waals surface area contributed by atoms with Crippen LogP contribution in [0.2, 0.25) is 0 Å². The predicted octanol–water partition coefficient (Wildman–Crippen LogP) is 3.03. The molecule has 0 atom stereocenters. The van der Waals surface area contributed by atoms with Gasteiger partial charge in [0.05, 0.1) is 6.42 Å². The number of carbonyl (C=O) groups is 1. The van der Waals surface area contributed by atoms with E-state index in [0.29, 0.717) is 12.3 Å². The highest BCUT2D eigenvalue weighted by Gasteiger charge is 2.24. The van der Waals surface area contributed by atoms with Gasteiger partial charge in [-0.15, -0.1) is 0 Å². The molecule has 0 spiro atoms. The quantitative estimate of drug-likeness (QED) is 0.866. The summed E-state index contributed by atoms with van der Waals surface area (Å²) in [6.07, 6.45) is 4.38. The lowest BCUT2D eigenvalue weighted by Crippen LogP contribution is -2.38. The monoisotopic (exact) mass is 280 g/mol. The normalized spacial score (nSPS) is 15.9. The SMILES string of the molecule is O=C(Cc1ccccc1)N1CCC(c2ccccn2)CC1. The van der Waals surface area contributed by atoms with Crippen LogP contribution in [0.4, 0.5) is 0 Å². The zero-order valence-electron chi connectivity index (χ0n) is 12.1. The Kier molecular flexibility index (Phi) is 4.29. The van der Waals surface area contributed by atoms with Crippen LogP contribution in [-0.4, -0.2) is 28.9 Å². The molecule has 1 aliphatic heterocycles. The van der Waals surface area contributed by atoms with E-state index in [1.807, 2.05) is 53.6 Å². The molecule has 3 rings (SSSR count). The van der Waals surface area contributed by atoms with E-state index in [2.05, 4.69) is 11.1 Å². The maximum Gasteiger partial charge on any atom is 0.226 e. The van der Waals surface area contributed by atoms with E-state index in [1.54, 1.807) is 0 Å². The molecule has 1 saturated heterocycles. The third-order valence-corrected chi connectivity index (χ3v) is 4.15. The summed E-state index contributed by atoms with van der Waals surface area (Å²) in [5.74, 6) is 0.729. The summed E-state index contributed by atoms with van der Waals surface area (Å²) in [6, 6.07) is 16.0. The Morgan fingerprint density at radius 1 is 1.05 bits per heavy atom. The molecular weight excluding hydrogens is 260 g/mol. The first-order valence-corrected chi connectivity index (χ1v) is 7.55. The number of carbonyl (C=O) groups excluding carboxylic acids is 1. The summed E-state index contributed by atoms with van der Waals surface area (Å²) in [6.45, 7) is 1.68. The second-order valence-electron chi connectivity index (χ2n) is 5.57. The van der Waals surface area contributed by atoms with Gasteiger partial charge in [-0.2, -0.15) is 0 Å². The largest absolute Gasteiger partial charge is 0.342 e. The lowest BCUT2D eigenvalue weighted by atomic mass is 9.93. The molecule has 0 radical (unpaired) electrons. The number of hydrogen-bond donors (Lipinski definition) is 0. The van der Waals surface area contributed by atoms with Gasteiger partial charge < -0.3 is 4.90 Å². The van der Waals surface area contributed by atoms with Gasteiger partial charge in [-0.1, -0.05) is 36.4 Å². The molecule has 1 aromatic heterocycles. The highest BCUT2D eigenvalue weighted by Crippen LogP contribution is 2.26. The Morgan fingerprint density at radius 2 is 1.76 bits per heavy atom. The van der Waals surface area contributed by atoms with Crippen LogP contribution in [0.25, 0.3) is 0 Å². The van der Waals surface area contributed by atoms with E-state index in [0.717, 1.165) is 37.2 Å². The molecule has 1 amide bonds. The minimum atomic E-state index is 0.237. The maximum absolute atomic E-state index is 12.3. The molecule has 21 heavy (non-hydrogen) atoms. The maximum atomic E-state index is 12.3. The molecule has 1 fully saturated rings. The molecule has 0 N–H and O–H groups in total. The van der Waals surface area contributed by atoms with E-state index in [9.17, 15) is 4.79 Å². The molecule has 0 saturated carbocycles. The van der Waals surface area contributed by atoms with Gasteiger partial charge in [-0.05, 0) is 30.5 Å². The Bertz CT molecular complexity index is 575. The molecule has 0 unspecified atom stereocenters. The van der Waals surface area contributed by atoms with Crippen LogP contribution >= 0.6 is 0 Å². The number of rotatable bonds is 3. The fourth-order valence-electron chi connectivity index (χ4n) is 2.92. The van der Waals surface area contributed by atoms with E-state index in [4.69, 9.17) is 0 Å². The second-order valence-corrected chi connectivity index (χ2v) is 5.57. The van der Waals surface area contributed by atoms with E-state index >= 15 is 0 Å². The van der Waals surface area contributed by atoms with Gasteiger partial charge in [0.1, 0.15) is 0 Å². The number of hydrogen-bond acceptors (Lipinski definition) is 2. The van der Waals surface area contributed by atoms with Crippen molar-refractivity contribution in [2.24, 2.45) is 0 Å². The third kappa shape index (κ3) is 3.48. The number of benzene rings is 1. The lowest BCUT2D eigenvalue weighted by molar-refractivity contribution is -0.131. The smallest absolute Gasteiger partial charge is 0.226 e. The summed E-state index contributed by atoms with van der Waals surface area (Å²) in [4.78, 5) is 18.8. The zero-order valence-corrected chi connectivity index (χ0v) is 12.1. The van der Waals surface area contributed by atoms with Crippen molar-refractivity contribution in [1.29, 1.82) is 0 Å². The fourth-order valence-corrected chi connectivity index (χ4v) is 2.92. The first-order valence-electron chi connectivity index (χ1n) is 7.55. The van der Waals surface area contributed by atoms with Crippen LogP contribution in [0.3, 0.4) is 0 Å². The second kappa shape index (κ2) is 6.53. The summed E-state index contributed by atoms with van der Waals surface area (Å²) < 4.78 is 0. The Labute approximate surface area is 125 Å². The molecule has 2 aromatic rings. The first-order chi connectivity index (χ1) is 10.3. The molecule has 108 valence electrons. The van der Waals surface area contributed by atoms with Gasteiger partial charge in [-0.25, -0.2) is 0 Å². The standard InChI is InChI=1S/C18H20N2O/c21-18(14-15-6-2-1-3-7-15)20-12-9-16(10-13-20)17-8-4-5-11-19-17/h1-8,11,16H,9-10,12-14H2. The Hall–Kier alpha value is -2.16. The number of pyridine rings is 1. The van der Waals surface area contributed by atoms with E-state index in [1.165, 1.54) is 0 Å². The first kappa shape index (κ1) is 13.8. The molecule has 1 aliphatic rings. The third-order valence-electron chi connectivity index (χ3n) is 4.15. The summed E-state index contributed by atoms with van der Waals surface area (Å²) in [5, 5.41) is 0. The molecule has 3 heteroatoms. The predicted molar refractivity (Wildman–Crippen MR) is 82.9 cm³/mol. The number of amides is 1. The van der Waals surface area contributed by atoms with Crippen LogP contribution in [0, 0.1) is 0 Å². The summed E-state index contributed by atoms with van der Waals surface area (Å²) >= 11 is 0. The van der Waals surface area contributed by atoms with Crippen LogP contribution in [0.15, 0.2) is 54.7 Å². The molecule has 0 aliphatic carbocycles. The van der Waals surface area contributed by atoms with Gasteiger partial charge in [-0.3, -0.25) is 9.78 Å². The van der Waals surface area contributed by atoms with E-state index in [-0.39, 0.29) is 5.91 Å². The average molecular weight is 280 g/mol. The van der Waals surface area contributed by atoms with Gasteiger partial charge in [0.2, 0.25) is 5.91 Å². The van der Waals surface area contributed by atoms with Crippen LogP contribution in [0.1, 0.15) is 30.0 Å². The molecule has 0 bridgehead atoms. The fraction of sp³-hybridized carbons (Fsp3) is 0.333. The zero-order chi connectivity index (χ0) is 14.5. The van der Waals surface area contributed by atoms with Crippen LogP contribution in [-0.2, 0) is 11.2 Å². The lowest BCUT2D eigenvalue weighted by Gasteiger charge is -2.31. The Balaban J connectivity index is 1.55. The molecular formula is C18H20N2O. The van der Waals surface area contributed by atoms with Crippen molar-refractivity contribution in [1.82, 2.24) is 9.88 Å². The number of nitrogens with zero attached hydrogens (tertiary/aromatic N) is 2. The van der Waals surface area contributed by atoms with Crippen molar-refractivity contribution < 1.29 is 4.79 Å². The van der Waals surface area contributed by atoms with Gasteiger partial charge >= 0.3 is 0 Å². The molecule has 3 nitrogen and oxygen atoms in total. The van der Waals surface area contributed by atoms with E-state index < -0.39 is 0 Å². The minimum Gasteiger partial charge on any atom is -0.342 e. The average Bonchev–Trinajstić information content (AvgIpc) is 2.57. The van der Waals surface area contributed by atoms with Crippen LogP contribution < -0.4 is 0 Å². The number of piperidine rings is 1. The summed E-state index contributed by atoms with van der Waals surface area (Å²) in [5.41, 5.74) is 2.25. The molecule has 1 aromatic carbocycles. The molecule has 2 heterocycles. The minimum absolute atomic E-state index is 0.237. The Morgan fingerprint density at radius 3 is 2.43 bits per heavy atom. The van der Waals surface area contributed by atoms with Crippen LogP contribution in [0.5, 0.6) is 0 Å². The van der Waals surface area contributed by atoms with Crippen molar-refractivity contribution >= 4 is 5.91 Å². The van der Waals surface area contributed by atoms with Crippen molar-refractivity contribution in [2.45, 2.75) is 25.2 Å². The van der Waals surface area contributed by atoms with Crippen molar-refractivity contribution in [2.75, 3.05) is 13.1 Å². The number of likely N-dealkylation sites (tertiary alicyclic amines) is 1. The highest BCUT2D eigenvalue weighted by molar-refractivity contribution is 5.78. The highest BCUT2D eigenvalue weighted by atomic mass is 16.2.